The number of aromatic nitrogens is 2. The maximum absolute atomic E-state index is 5.95. The fourth-order valence-corrected chi connectivity index (χ4v) is 2.46. The van der Waals surface area contributed by atoms with Crippen molar-refractivity contribution in [1.82, 2.24) is 9.97 Å². The summed E-state index contributed by atoms with van der Waals surface area (Å²) in [6, 6.07) is 2.34. The Kier molecular flexibility index (Phi) is 7.43. The van der Waals surface area contributed by atoms with Crippen molar-refractivity contribution in [2.24, 2.45) is 5.92 Å². The molecule has 0 spiro atoms. The molecule has 5 nitrogen and oxygen atoms in total. The maximum atomic E-state index is 5.95. The minimum atomic E-state index is 0.410. The van der Waals surface area contributed by atoms with Crippen LogP contribution in [0.1, 0.15) is 53.3 Å². The van der Waals surface area contributed by atoms with E-state index in [9.17, 15) is 0 Å². The van der Waals surface area contributed by atoms with Gasteiger partial charge in [0, 0.05) is 25.3 Å². The van der Waals surface area contributed by atoms with Crippen LogP contribution in [-0.2, 0) is 11.3 Å². The van der Waals surface area contributed by atoms with Gasteiger partial charge in [0.15, 0.2) is 5.82 Å². The first-order valence-corrected chi connectivity index (χ1v) is 7.99. The van der Waals surface area contributed by atoms with E-state index < -0.39 is 0 Å². The molecular weight excluding hydrogens is 264 g/mol. The Morgan fingerprint density at radius 2 is 1.86 bits per heavy atom. The highest BCUT2D eigenvalue weighted by Crippen LogP contribution is 2.22. The van der Waals surface area contributed by atoms with Gasteiger partial charge >= 0.3 is 0 Å². The van der Waals surface area contributed by atoms with Crippen molar-refractivity contribution in [2.75, 3.05) is 23.8 Å². The summed E-state index contributed by atoms with van der Waals surface area (Å²) in [6.45, 7) is 12.9. The second-order valence-electron chi connectivity index (χ2n) is 5.72. The topological polar surface area (TPSA) is 64.3 Å². The maximum Gasteiger partial charge on any atom is 0.158 e. The summed E-state index contributed by atoms with van der Waals surface area (Å²) in [5, 5.41) is 0. The molecule has 0 atom stereocenters. The standard InChI is InChI=1S/C16H30N4O/c1-6-13(7-2)20(10-12(4)5)16-9-14(17)18-15(19-16)11-21-8-3/h9,12-13H,6-8,10-11H2,1-5H3,(H2,17,18,19). The lowest BCUT2D eigenvalue weighted by atomic mass is 10.1. The third kappa shape index (κ3) is 5.50. The summed E-state index contributed by atoms with van der Waals surface area (Å²) in [5.74, 6) is 2.65. The van der Waals surface area contributed by atoms with Gasteiger partial charge in [0.05, 0.1) is 0 Å². The lowest BCUT2D eigenvalue weighted by molar-refractivity contribution is 0.128. The first kappa shape index (κ1) is 17.7. The molecule has 5 heteroatoms. The van der Waals surface area contributed by atoms with Crippen LogP contribution in [0.3, 0.4) is 0 Å². The van der Waals surface area contributed by atoms with Gasteiger partial charge in [-0.25, -0.2) is 9.97 Å². The molecule has 0 aliphatic carbocycles. The van der Waals surface area contributed by atoms with Crippen LogP contribution in [0, 0.1) is 5.92 Å². The largest absolute Gasteiger partial charge is 0.384 e. The van der Waals surface area contributed by atoms with Crippen LogP contribution in [0.4, 0.5) is 11.6 Å². The zero-order valence-electron chi connectivity index (χ0n) is 14.1. The van der Waals surface area contributed by atoms with E-state index in [2.05, 4.69) is 42.6 Å². The van der Waals surface area contributed by atoms with E-state index >= 15 is 0 Å². The Hall–Kier alpha value is -1.36. The van der Waals surface area contributed by atoms with Crippen LogP contribution in [0.5, 0.6) is 0 Å². The van der Waals surface area contributed by atoms with Crippen molar-refractivity contribution in [3.63, 3.8) is 0 Å². The van der Waals surface area contributed by atoms with Crippen molar-refractivity contribution >= 4 is 11.6 Å². The normalized spacial score (nSPS) is 11.4. The number of hydrogen-bond acceptors (Lipinski definition) is 5. The summed E-state index contributed by atoms with van der Waals surface area (Å²) < 4.78 is 5.40. The SMILES string of the molecule is CCOCc1nc(N)cc(N(CC(C)C)C(CC)CC)n1. The number of hydrogen-bond donors (Lipinski definition) is 1. The van der Waals surface area contributed by atoms with E-state index in [-0.39, 0.29) is 0 Å². The van der Waals surface area contributed by atoms with Crippen molar-refractivity contribution in [2.45, 2.75) is 60.1 Å². The average molecular weight is 294 g/mol. The van der Waals surface area contributed by atoms with E-state index in [0.717, 1.165) is 25.2 Å². The Balaban J connectivity index is 3.07. The zero-order chi connectivity index (χ0) is 15.8. The van der Waals surface area contributed by atoms with Gasteiger partial charge in [0.1, 0.15) is 18.2 Å². The van der Waals surface area contributed by atoms with Gasteiger partial charge in [-0.1, -0.05) is 27.7 Å². The van der Waals surface area contributed by atoms with E-state index in [0.29, 0.717) is 36.8 Å². The number of ether oxygens (including phenoxy) is 1. The predicted molar refractivity (Wildman–Crippen MR) is 88.3 cm³/mol. The monoisotopic (exact) mass is 294 g/mol. The lowest BCUT2D eigenvalue weighted by Crippen LogP contribution is -2.38. The Labute approximate surface area is 128 Å². The molecule has 2 N–H and O–H groups in total. The quantitative estimate of drug-likeness (QED) is 0.757. The lowest BCUT2D eigenvalue weighted by Gasteiger charge is -2.33. The third-order valence-electron chi connectivity index (χ3n) is 3.45. The van der Waals surface area contributed by atoms with Crippen LogP contribution in [0.2, 0.25) is 0 Å². The number of nitrogen functional groups attached to an aromatic ring is 1. The van der Waals surface area contributed by atoms with Crippen LogP contribution in [-0.4, -0.2) is 29.2 Å². The molecule has 0 unspecified atom stereocenters. The molecule has 0 saturated carbocycles. The zero-order valence-corrected chi connectivity index (χ0v) is 14.1. The first-order valence-electron chi connectivity index (χ1n) is 7.99. The molecule has 0 aromatic carbocycles. The van der Waals surface area contributed by atoms with Gasteiger partial charge in [-0.3, -0.25) is 0 Å². The van der Waals surface area contributed by atoms with Crippen molar-refractivity contribution in [3.8, 4) is 0 Å². The van der Waals surface area contributed by atoms with Gasteiger partial charge in [0.25, 0.3) is 0 Å². The molecule has 0 amide bonds. The Morgan fingerprint density at radius 1 is 1.19 bits per heavy atom. The fraction of sp³-hybridized carbons (Fsp3) is 0.750. The number of nitrogens with zero attached hydrogens (tertiary/aromatic N) is 3. The van der Waals surface area contributed by atoms with E-state index in [1.165, 1.54) is 0 Å². The molecule has 1 rings (SSSR count). The molecule has 0 fully saturated rings. The summed E-state index contributed by atoms with van der Waals surface area (Å²) >= 11 is 0. The smallest absolute Gasteiger partial charge is 0.158 e. The highest BCUT2D eigenvalue weighted by atomic mass is 16.5. The van der Waals surface area contributed by atoms with Crippen molar-refractivity contribution in [3.05, 3.63) is 11.9 Å². The molecule has 21 heavy (non-hydrogen) atoms. The second-order valence-corrected chi connectivity index (χ2v) is 5.72. The van der Waals surface area contributed by atoms with Crippen LogP contribution in [0.15, 0.2) is 6.07 Å². The third-order valence-corrected chi connectivity index (χ3v) is 3.45. The summed E-state index contributed by atoms with van der Waals surface area (Å²) in [7, 11) is 0. The van der Waals surface area contributed by atoms with Gasteiger partial charge in [-0.2, -0.15) is 0 Å². The Morgan fingerprint density at radius 3 is 2.38 bits per heavy atom. The van der Waals surface area contributed by atoms with Crippen molar-refractivity contribution < 1.29 is 4.74 Å². The van der Waals surface area contributed by atoms with E-state index in [4.69, 9.17) is 10.5 Å². The van der Waals surface area contributed by atoms with Gasteiger partial charge in [-0.15, -0.1) is 0 Å². The molecule has 1 heterocycles. The summed E-state index contributed by atoms with van der Waals surface area (Å²) in [4.78, 5) is 11.3. The highest BCUT2D eigenvalue weighted by Gasteiger charge is 2.19. The van der Waals surface area contributed by atoms with Gasteiger partial charge in [0.2, 0.25) is 0 Å². The van der Waals surface area contributed by atoms with Gasteiger partial charge in [-0.05, 0) is 25.7 Å². The molecular formula is C16H30N4O. The van der Waals surface area contributed by atoms with Crippen molar-refractivity contribution in [1.29, 1.82) is 0 Å². The molecule has 0 bridgehead atoms. The fourth-order valence-electron chi connectivity index (χ4n) is 2.46. The number of rotatable bonds is 9. The van der Waals surface area contributed by atoms with E-state index in [1.54, 1.807) is 0 Å². The molecule has 0 aliphatic rings. The molecule has 0 aliphatic heterocycles. The molecule has 1 aromatic heterocycles. The van der Waals surface area contributed by atoms with E-state index in [1.807, 2.05) is 13.0 Å². The Bertz CT molecular complexity index is 419. The minimum Gasteiger partial charge on any atom is -0.384 e. The average Bonchev–Trinajstić information content (AvgIpc) is 2.44. The molecule has 1 aromatic rings. The summed E-state index contributed by atoms with van der Waals surface area (Å²) in [5.41, 5.74) is 5.95. The molecule has 0 saturated heterocycles. The number of nitrogens with two attached hydrogens (primary N) is 1. The van der Waals surface area contributed by atoms with Crippen LogP contribution >= 0.6 is 0 Å². The second kappa shape index (κ2) is 8.82. The van der Waals surface area contributed by atoms with Crippen LogP contribution < -0.4 is 10.6 Å². The summed E-state index contributed by atoms with van der Waals surface area (Å²) in [6.07, 6.45) is 2.18. The number of anilines is 2. The predicted octanol–water partition coefficient (Wildman–Crippen LogP) is 3.25. The highest BCUT2D eigenvalue weighted by molar-refractivity contribution is 5.48. The molecule has 120 valence electrons. The van der Waals surface area contributed by atoms with Gasteiger partial charge < -0.3 is 15.4 Å². The first-order chi connectivity index (χ1) is 10.0. The molecule has 0 radical (unpaired) electrons. The van der Waals surface area contributed by atoms with Crippen LogP contribution in [0.25, 0.3) is 0 Å². The minimum absolute atomic E-state index is 0.410.